The van der Waals surface area contributed by atoms with Crippen molar-refractivity contribution in [1.29, 1.82) is 0 Å². The Kier molecular flexibility index (Phi) is 13.1. The average molecular weight is 474 g/mol. The smallest absolute Gasteiger partial charge is 0.251 e. The molecule has 0 aliphatic carbocycles. The van der Waals surface area contributed by atoms with Crippen molar-refractivity contribution in [3.05, 3.63) is 35.4 Å². The van der Waals surface area contributed by atoms with Crippen molar-refractivity contribution >= 4 is 35.8 Å². The zero-order chi connectivity index (χ0) is 18.7. The molecular weight excluding hydrogens is 439 g/mol. The van der Waals surface area contributed by atoms with Crippen LogP contribution in [0.4, 0.5) is 0 Å². The highest BCUT2D eigenvalue weighted by Gasteiger charge is 2.09. The van der Waals surface area contributed by atoms with Gasteiger partial charge in [0.25, 0.3) is 5.91 Å². The van der Waals surface area contributed by atoms with Gasteiger partial charge < -0.3 is 16.0 Å². The maximum absolute atomic E-state index is 12.2. The molecule has 1 atom stereocenters. The molecule has 3 N–H and O–H groups in total. The Morgan fingerprint density at radius 3 is 2.38 bits per heavy atom. The molecule has 6 heteroatoms. The maximum Gasteiger partial charge on any atom is 0.251 e. The molecule has 1 aromatic carbocycles. The van der Waals surface area contributed by atoms with Crippen molar-refractivity contribution < 1.29 is 4.79 Å². The van der Waals surface area contributed by atoms with Crippen molar-refractivity contribution in [2.75, 3.05) is 13.6 Å². The number of amides is 1. The molecule has 0 fully saturated rings. The third kappa shape index (κ3) is 8.87. The predicted octanol–water partition coefficient (Wildman–Crippen LogP) is 3.93. The number of nitrogens with zero attached hydrogens (tertiary/aromatic N) is 1. The van der Waals surface area contributed by atoms with E-state index in [2.05, 4.69) is 41.7 Å². The first kappa shape index (κ1) is 24.7. The third-order valence-electron chi connectivity index (χ3n) is 4.58. The number of hydrogen-bond acceptors (Lipinski definition) is 2. The first-order chi connectivity index (χ1) is 12.0. The second-order valence-corrected chi connectivity index (χ2v) is 6.47. The van der Waals surface area contributed by atoms with E-state index in [-0.39, 0.29) is 35.9 Å². The second kappa shape index (κ2) is 13.8. The van der Waals surface area contributed by atoms with E-state index < -0.39 is 0 Å². The molecule has 0 saturated heterocycles. The lowest BCUT2D eigenvalue weighted by Gasteiger charge is -2.17. The Balaban J connectivity index is 0.00000625. The Labute approximate surface area is 175 Å². The van der Waals surface area contributed by atoms with Crippen molar-refractivity contribution in [2.45, 2.75) is 59.5 Å². The standard InChI is InChI=1S/C20H34N4O.HI/c1-6-15(4)24-19(25)18-11-9-10-17(12-18)14-23-20(21-5)22-13-16(7-2)8-3;/h9-12,15-16H,6-8,13-14H2,1-5H3,(H,24,25)(H2,21,22,23);1H. The quantitative estimate of drug-likeness (QED) is 0.289. The van der Waals surface area contributed by atoms with E-state index in [0.29, 0.717) is 18.0 Å². The first-order valence-corrected chi connectivity index (χ1v) is 9.38. The second-order valence-electron chi connectivity index (χ2n) is 6.47. The van der Waals surface area contributed by atoms with Crippen LogP contribution in [0.2, 0.25) is 0 Å². The van der Waals surface area contributed by atoms with E-state index in [0.717, 1.165) is 37.3 Å². The molecule has 0 aromatic heterocycles. The molecule has 1 amide bonds. The predicted molar refractivity (Wildman–Crippen MR) is 121 cm³/mol. The van der Waals surface area contributed by atoms with Gasteiger partial charge in [0.1, 0.15) is 0 Å². The lowest BCUT2D eigenvalue weighted by atomic mass is 10.0. The van der Waals surface area contributed by atoms with Crippen molar-refractivity contribution in [2.24, 2.45) is 10.9 Å². The zero-order valence-corrected chi connectivity index (χ0v) is 19.1. The molecular formula is C20H35IN4O. The van der Waals surface area contributed by atoms with Gasteiger partial charge >= 0.3 is 0 Å². The summed E-state index contributed by atoms with van der Waals surface area (Å²) >= 11 is 0. The van der Waals surface area contributed by atoms with Crippen LogP contribution in [-0.2, 0) is 6.54 Å². The Hall–Kier alpha value is -1.31. The molecule has 0 heterocycles. The lowest BCUT2D eigenvalue weighted by Crippen LogP contribution is -2.39. The van der Waals surface area contributed by atoms with E-state index in [4.69, 9.17) is 0 Å². The fraction of sp³-hybridized carbons (Fsp3) is 0.600. The molecule has 0 aliphatic rings. The summed E-state index contributed by atoms with van der Waals surface area (Å²) in [5, 5.41) is 9.69. The summed E-state index contributed by atoms with van der Waals surface area (Å²) in [5.41, 5.74) is 1.75. The van der Waals surface area contributed by atoms with Crippen LogP contribution in [0.25, 0.3) is 0 Å². The molecule has 0 saturated carbocycles. The fourth-order valence-electron chi connectivity index (χ4n) is 2.46. The number of carbonyl (C=O) groups excluding carboxylic acids is 1. The minimum atomic E-state index is -0.0209. The van der Waals surface area contributed by atoms with E-state index in [1.165, 1.54) is 0 Å². The summed E-state index contributed by atoms with van der Waals surface area (Å²) < 4.78 is 0. The number of nitrogens with one attached hydrogen (secondary N) is 3. The fourth-order valence-corrected chi connectivity index (χ4v) is 2.46. The van der Waals surface area contributed by atoms with Crippen LogP contribution in [-0.4, -0.2) is 31.5 Å². The van der Waals surface area contributed by atoms with Gasteiger partial charge in [-0.05, 0) is 37.0 Å². The van der Waals surface area contributed by atoms with Gasteiger partial charge in [0.05, 0.1) is 0 Å². The lowest BCUT2D eigenvalue weighted by molar-refractivity contribution is 0.0939. The maximum atomic E-state index is 12.2. The van der Waals surface area contributed by atoms with Crippen LogP contribution in [0.1, 0.15) is 62.9 Å². The number of benzene rings is 1. The summed E-state index contributed by atoms with van der Waals surface area (Å²) in [7, 11) is 1.78. The summed E-state index contributed by atoms with van der Waals surface area (Å²) in [5.74, 6) is 1.43. The van der Waals surface area contributed by atoms with Crippen molar-refractivity contribution in [3.63, 3.8) is 0 Å². The number of guanidine groups is 1. The van der Waals surface area contributed by atoms with Gasteiger partial charge in [0.2, 0.25) is 0 Å². The van der Waals surface area contributed by atoms with Crippen molar-refractivity contribution in [3.8, 4) is 0 Å². The molecule has 1 rings (SSSR count). The summed E-state index contributed by atoms with van der Waals surface area (Å²) in [6.45, 7) is 10.0. The number of halogens is 1. The van der Waals surface area contributed by atoms with Gasteiger partial charge in [-0.2, -0.15) is 0 Å². The highest BCUT2D eigenvalue weighted by atomic mass is 127. The van der Waals surface area contributed by atoms with Gasteiger partial charge in [-0.1, -0.05) is 45.7 Å². The highest BCUT2D eigenvalue weighted by Crippen LogP contribution is 2.07. The first-order valence-electron chi connectivity index (χ1n) is 9.38. The number of hydrogen-bond donors (Lipinski definition) is 3. The van der Waals surface area contributed by atoms with E-state index >= 15 is 0 Å². The van der Waals surface area contributed by atoms with E-state index in [1.807, 2.05) is 31.2 Å². The Bertz CT molecular complexity index is 558. The molecule has 1 unspecified atom stereocenters. The van der Waals surface area contributed by atoms with Gasteiger partial charge in [-0.15, -0.1) is 24.0 Å². The van der Waals surface area contributed by atoms with Crippen molar-refractivity contribution in [1.82, 2.24) is 16.0 Å². The monoisotopic (exact) mass is 474 g/mol. The largest absolute Gasteiger partial charge is 0.356 e. The number of aliphatic imine (C=N–C) groups is 1. The molecule has 0 aliphatic heterocycles. The summed E-state index contributed by atoms with van der Waals surface area (Å²) in [4.78, 5) is 16.5. The van der Waals surface area contributed by atoms with Gasteiger partial charge in [-0.25, -0.2) is 0 Å². The normalized spacial score (nSPS) is 12.3. The van der Waals surface area contributed by atoms with Gasteiger partial charge in [-0.3, -0.25) is 9.79 Å². The Morgan fingerprint density at radius 2 is 1.81 bits per heavy atom. The molecule has 0 bridgehead atoms. The van der Waals surface area contributed by atoms with Gasteiger partial charge in [0.15, 0.2) is 5.96 Å². The Morgan fingerprint density at radius 1 is 1.12 bits per heavy atom. The molecule has 5 nitrogen and oxygen atoms in total. The van der Waals surface area contributed by atoms with E-state index in [1.54, 1.807) is 7.05 Å². The van der Waals surface area contributed by atoms with Crippen LogP contribution in [0.15, 0.2) is 29.3 Å². The van der Waals surface area contributed by atoms with E-state index in [9.17, 15) is 4.79 Å². The van der Waals surface area contributed by atoms with Crippen LogP contribution >= 0.6 is 24.0 Å². The summed E-state index contributed by atoms with van der Waals surface area (Å²) in [6, 6.07) is 7.90. The van der Waals surface area contributed by atoms with Gasteiger partial charge in [0, 0.05) is 31.7 Å². The molecule has 26 heavy (non-hydrogen) atoms. The third-order valence-corrected chi connectivity index (χ3v) is 4.58. The molecule has 0 spiro atoms. The summed E-state index contributed by atoms with van der Waals surface area (Å²) in [6.07, 6.45) is 3.24. The number of rotatable bonds is 9. The molecule has 1 aromatic rings. The zero-order valence-electron chi connectivity index (χ0n) is 16.8. The molecule has 0 radical (unpaired) electrons. The molecule has 148 valence electrons. The SMILES string of the molecule is CCC(CC)CNC(=NC)NCc1cccc(C(=O)NC(C)CC)c1.I. The van der Waals surface area contributed by atoms with Crippen LogP contribution in [0, 0.1) is 5.92 Å². The number of carbonyl (C=O) groups is 1. The minimum Gasteiger partial charge on any atom is -0.356 e. The minimum absolute atomic E-state index is 0. The van der Waals surface area contributed by atoms with Crippen LogP contribution in [0.5, 0.6) is 0 Å². The van der Waals surface area contributed by atoms with Crippen LogP contribution < -0.4 is 16.0 Å². The van der Waals surface area contributed by atoms with Crippen LogP contribution in [0.3, 0.4) is 0 Å². The topological polar surface area (TPSA) is 65.5 Å². The highest BCUT2D eigenvalue weighted by molar-refractivity contribution is 14.0. The average Bonchev–Trinajstić information content (AvgIpc) is 2.64.